The first kappa shape index (κ1) is 20.1. The molecule has 162 valence electrons. The van der Waals surface area contributed by atoms with Gasteiger partial charge in [-0.1, -0.05) is 11.6 Å². The Balaban J connectivity index is 1.39. The molecule has 4 fully saturated rings. The molecule has 2 atom stereocenters. The molecule has 0 spiro atoms. The molecule has 1 heterocycles. The molecule has 1 amide bonds. The van der Waals surface area contributed by atoms with Crippen LogP contribution in [0.5, 0.6) is 5.88 Å². The van der Waals surface area contributed by atoms with Crippen LogP contribution >= 0.6 is 11.6 Å². The number of esters is 2. The van der Waals surface area contributed by atoms with Crippen molar-refractivity contribution < 1.29 is 23.9 Å². The number of imidazole rings is 1. The lowest BCUT2D eigenvalue weighted by molar-refractivity contribution is -0.190. The van der Waals surface area contributed by atoms with Gasteiger partial charge in [-0.15, -0.1) is 0 Å². The van der Waals surface area contributed by atoms with Gasteiger partial charge in [0.05, 0.1) is 17.3 Å². The Kier molecular flexibility index (Phi) is 4.58. The van der Waals surface area contributed by atoms with Crippen LogP contribution in [0, 0.1) is 17.3 Å². The molecule has 2 unspecified atom stereocenters. The summed E-state index contributed by atoms with van der Waals surface area (Å²) in [6.07, 6.45) is 5.53. The van der Waals surface area contributed by atoms with Crippen LogP contribution in [-0.4, -0.2) is 33.4 Å². The van der Waals surface area contributed by atoms with E-state index in [-0.39, 0.29) is 23.4 Å². The summed E-state index contributed by atoms with van der Waals surface area (Å²) < 4.78 is 11.6. The molecule has 8 nitrogen and oxygen atoms in total. The van der Waals surface area contributed by atoms with Crippen molar-refractivity contribution in [3.63, 3.8) is 0 Å². The molecule has 1 aromatic carbocycles. The summed E-state index contributed by atoms with van der Waals surface area (Å²) in [5.41, 5.74) is 4.24. The third-order valence-electron chi connectivity index (χ3n) is 6.87. The number of rotatable bonds is 5. The van der Waals surface area contributed by atoms with E-state index in [9.17, 15) is 14.4 Å². The quantitative estimate of drug-likeness (QED) is 0.683. The number of ether oxygens (including phenoxy) is 2. The van der Waals surface area contributed by atoms with Crippen LogP contribution in [0.1, 0.15) is 59.4 Å². The molecule has 4 aliphatic rings. The highest BCUT2D eigenvalue weighted by molar-refractivity contribution is 6.30. The van der Waals surface area contributed by atoms with Gasteiger partial charge in [-0.3, -0.25) is 9.59 Å². The second kappa shape index (κ2) is 7.09. The topological polar surface area (TPSA) is 124 Å². The highest BCUT2D eigenvalue weighted by Gasteiger charge is 2.63. The van der Waals surface area contributed by atoms with E-state index in [0.29, 0.717) is 29.8 Å². The first-order chi connectivity index (χ1) is 14.8. The minimum absolute atomic E-state index is 0.0399. The Bertz CT molecular complexity index is 1050. The SMILES string of the molecule is NC(=O)c1[nH]cnc1OC(=O)C12CC3CC(CC(OC(=O)c4ccc(Cl)cc4)(C3)C1)C2. The maximum absolute atomic E-state index is 13.3. The van der Waals surface area contributed by atoms with Crippen LogP contribution in [0.25, 0.3) is 0 Å². The van der Waals surface area contributed by atoms with E-state index in [1.54, 1.807) is 24.3 Å². The number of benzene rings is 1. The zero-order chi connectivity index (χ0) is 21.8. The van der Waals surface area contributed by atoms with E-state index in [2.05, 4.69) is 9.97 Å². The number of aromatic nitrogens is 2. The molecule has 0 radical (unpaired) electrons. The van der Waals surface area contributed by atoms with Crippen LogP contribution < -0.4 is 10.5 Å². The number of H-pyrrole nitrogens is 1. The molecule has 0 saturated heterocycles. The van der Waals surface area contributed by atoms with Crippen LogP contribution in [-0.2, 0) is 9.53 Å². The zero-order valence-corrected chi connectivity index (χ0v) is 17.5. The second-order valence-corrected chi connectivity index (χ2v) is 9.59. The van der Waals surface area contributed by atoms with Crippen molar-refractivity contribution in [3.8, 4) is 5.88 Å². The van der Waals surface area contributed by atoms with Gasteiger partial charge in [0.2, 0.25) is 0 Å². The predicted octanol–water partition coefficient (Wildman–Crippen LogP) is 3.26. The summed E-state index contributed by atoms with van der Waals surface area (Å²) >= 11 is 5.92. The molecule has 1 aromatic heterocycles. The third-order valence-corrected chi connectivity index (χ3v) is 7.12. The Morgan fingerprint density at radius 2 is 1.77 bits per heavy atom. The summed E-state index contributed by atoms with van der Waals surface area (Å²) in [6, 6.07) is 6.57. The summed E-state index contributed by atoms with van der Waals surface area (Å²) in [7, 11) is 0. The van der Waals surface area contributed by atoms with Crippen LogP contribution in [0.4, 0.5) is 0 Å². The highest BCUT2D eigenvalue weighted by atomic mass is 35.5. The number of carbonyl (C=O) groups is 3. The van der Waals surface area contributed by atoms with Crippen molar-refractivity contribution in [1.29, 1.82) is 0 Å². The average Bonchev–Trinajstić information content (AvgIpc) is 3.15. The van der Waals surface area contributed by atoms with E-state index in [1.807, 2.05) is 0 Å². The molecule has 2 aromatic rings. The fourth-order valence-corrected chi connectivity index (χ4v) is 6.24. The van der Waals surface area contributed by atoms with E-state index in [1.165, 1.54) is 6.33 Å². The summed E-state index contributed by atoms with van der Waals surface area (Å²) in [4.78, 5) is 44.2. The molecule has 0 aliphatic heterocycles. The van der Waals surface area contributed by atoms with Crippen LogP contribution in [0.2, 0.25) is 5.02 Å². The standard InChI is InChI=1S/C22H22ClN3O5/c23-15-3-1-14(2-4-15)19(28)31-22-8-12-5-13(9-22)7-21(6-12,10-22)20(29)30-18-16(17(24)27)25-11-26-18/h1-4,11-13H,5-10H2,(H2,24,27)(H,25,26). The van der Waals surface area contributed by atoms with Crippen molar-refractivity contribution in [3.05, 3.63) is 46.9 Å². The van der Waals surface area contributed by atoms with Gasteiger partial charge in [-0.25, -0.2) is 9.78 Å². The smallest absolute Gasteiger partial charge is 0.338 e. The fourth-order valence-electron chi connectivity index (χ4n) is 6.11. The first-order valence-electron chi connectivity index (χ1n) is 10.3. The molecule has 9 heteroatoms. The van der Waals surface area contributed by atoms with Crippen molar-refractivity contribution >= 4 is 29.4 Å². The molecule has 6 rings (SSSR count). The number of carbonyl (C=O) groups excluding carboxylic acids is 3. The Labute approximate surface area is 183 Å². The number of nitrogens with zero attached hydrogens (tertiary/aromatic N) is 1. The minimum atomic E-state index is -0.766. The Hall–Kier alpha value is -2.87. The molecule has 3 N–H and O–H groups in total. The van der Waals surface area contributed by atoms with Gasteiger partial charge in [0.25, 0.3) is 11.8 Å². The lowest BCUT2D eigenvalue weighted by Gasteiger charge is -2.59. The van der Waals surface area contributed by atoms with Gasteiger partial charge < -0.3 is 20.2 Å². The molecule has 4 bridgehead atoms. The summed E-state index contributed by atoms with van der Waals surface area (Å²) in [6.45, 7) is 0. The summed E-state index contributed by atoms with van der Waals surface area (Å²) in [5, 5.41) is 0.543. The number of hydrogen-bond donors (Lipinski definition) is 2. The number of nitrogens with one attached hydrogen (secondary N) is 1. The maximum atomic E-state index is 13.3. The third kappa shape index (κ3) is 3.48. The predicted molar refractivity (Wildman–Crippen MR) is 109 cm³/mol. The highest BCUT2D eigenvalue weighted by Crippen LogP contribution is 2.63. The number of halogens is 1. The van der Waals surface area contributed by atoms with Crippen molar-refractivity contribution in [2.45, 2.75) is 44.1 Å². The normalized spacial score (nSPS) is 30.7. The monoisotopic (exact) mass is 443 g/mol. The lowest BCUT2D eigenvalue weighted by Crippen LogP contribution is -2.60. The molecule has 4 saturated carbocycles. The number of nitrogens with two attached hydrogens (primary N) is 1. The molecule has 4 aliphatic carbocycles. The van der Waals surface area contributed by atoms with Crippen molar-refractivity contribution in [2.75, 3.05) is 0 Å². The maximum Gasteiger partial charge on any atom is 0.338 e. The Morgan fingerprint density at radius 3 is 2.42 bits per heavy atom. The number of hydrogen-bond acceptors (Lipinski definition) is 6. The summed E-state index contributed by atoms with van der Waals surface area (Å²) in [5.74, 6) is -1.16. The lowest BCUT2D eigenvalue weighted by atomic mass is 9.48. The minimum Gasteiger partial charge on any atom is -0.455 e. The number of amides is 1. The van der Waals surface area contributed by atoms with Gasteiger partial charge in [0.1, 0.15) is 5.60 Å². The first-order valence-corrected chi connectivity index (χ1v) is 10.7. The molecular weight excluding hydrogens is 422 g/mol. The van der Waals surface area contributed by atoms with Gasteiger partial charge in [-0.05, 0) is 68.2 Å². The Morgan fingerprint density at radius 1 is 1.10 bits per heavy atom. The van der Waals surface area contributed by atoms with E-state index in [4.69, 9.17) is 26.8 Å². The van der Waals surface area contributed by atoms with Crippen molar-refractivity contribution in [2.24, 2.45) is 23.0 Å². The van der Waals surface area contributed by atoms with Gasteiger partial charge in [-0.2, -0.15) is 0 Å². The van der Waals surface area contributed by atoms with E-state index < -0.39 is 28.9 Å². The second-order valence-electron chi connectivity index (χ2n) is 9.16. The number of primary amides is 1. The van der Waals surface area contributed by atoms with Gasteiger partial charge >= 0.3 is 11.9 Å². The van der Waals surface area contributed by atoms with Gasteiger partial charge in [0.15, 0.2) is 5.69 Å². The largest absolute Gasteiger partial charge is 0.455 e. The molecule has 31 heavy (non-hydrogen) atoms. The van der Waals surface area contributed by atoms with Gasteiger partial charge in [0, 0.05) is 11.4 Å². The fraction of sp³-hybridized carbons (Fsp3) is 0.455. The van der Waals surface area contributed by atoms with Crippen molar-refractivity contribution in [1.82, 2.24) is 9.97 Å². The molecular formula is C22H22ClN3O5. The van der Waals surface area contributed by atoms with Crippen LogP contribution in [0.15, 0.2) is 30.6 Å². The van der Waals surface area contributed by atoms with E-state index in [0.717, 1.165) is 19.3 Å². The van der Waals surface area contributed by atoms with E-state index >= 15 is 0 Å². The zero-order valence-electron chi connectivity index (χ0n) is 16.7. The van der Waals surface area contributed by atoms with Crippen LogP contribution in [0.3, 0.4) is 0 Å². The number of aromatic amines is 1. The average molecular weight is 444 g/mol.